The summed E-state index contributed by atoms with van der Waals surface area (Å²) in [6, 6.07) is 1.99. The second-order valence-electron chi connectivity index (χ2n) is 3.61. The quantitative estimate of drug-likeness (QED) is 0.588. The zero-order chi connectivity index (χ0) is 11.8. The summed E-state index contributed by atoms with van der Waals surface area (Å²) in [6.07, 6.45) is 9.88. The maximum Gasteiger partial charge on any atom is 0.160 e. The van der Waals surface area contributed by atoms with Crippen LogP contribution in [0.1, 0.15) is 25.0 Å². The zero-order valence-corrected chi connectivity index (χ0v) is 9.92. The number of aryl methyl sites for hydroxylation is 1. The number of nitrogens with one attached hydrogen (secondary N) is 1. The van der Waals surface area contributed by atoms with Crippen molar-refractivity contribution in [2.75, 3.05) is 19.0 Å². The fraction of sp³-hybridized carbons (Fsp3) is 0.462. The molecule has 1 N–H and O–H groups in total. The number of pyridine rings is 1. The first kappa shape index (κ1) is 12.4. The van der Waals surface area contributed by atoms with Crippen LogP contribution in [-0.4, -0.2) is 18.6 Å². The van der Waals surface area contributed by atoms with Crippen LogP contribution < -0.4 is 10.1 Å². The molecule has 0 radical (unpaired) electrons. The third-order valence-corrected chi connectivity index (χ3v) is 2.29. The molecule has 0 aromatic carbocycles. The second-order valence-corrected chi connectivity index (χ2v) is 3.61. The van der Waals surface area contributed by atoms with Gasteiger partial charge in [-0.3, -0.25) is 4.98 Å². The number of aromatic nitrogens is 1. The third-order valence-electron chi connectivity index (χ3n) is 2.29. The van der Waals surface area contributed by atoms with E-state index in [2.05, 4.69) is 16.2 Å². The summed E-state index contributed by atoms with van der Waals surface area (Å²) in [7, 11) is 1.65. The molecule has 0 saturated carbocycles. The average Bonchev–Trinajstić information content (AvgIpc) is 2.29. The van der Waals surface area contributed by atoms with Crippen LogP contribution in [0.3, 0.4) is 0 Å². The molecule has 0 fully saturated rings. The Kier molecular flexibility index (Phi) is 5.21. The smallest absolute Gasteiger partial charge is 0.160 e. The van der Waals surface area contributed by atoms with Crippen molar-refractivity contribution in [1.29, 1.82) is 0 Å². The summed E-state index contributed by atoms with van der Waals surface area (Å²) < 4.78 is 5.22. The normalized spacial score (nSPS) is 9.56. The van der Waals surface area contributed by atoms with Crippen LogP contribution in [0.25, 0.3) is 0 Å². The molecule has 0 amide bonds. The van der Waals surface area contributed by atoms with E-state index in [1.165, 1.54) is 0 Å². The van der Waals surface area contributed by atoms with Crippen molar-refractivity contribution in [2.45, 2.75) is 26.2 Å². The van der Waals surface area contributed by atoms with Crippen molar-refractivity contribution in [1.82, 2.24) is 4.98 Å². The third kappa shape index (κ3) is 3.82. The topological polar surface area (TPSA) is 34.2 Å². The molecule has 0 aliphatic carbocycles. The van der Waals surface area contributed by atoms with Crippen LogP contribution in [0.2, 0.25) is 0 Å². The highest BCUT2D eigenvalue weighted by molar-refractivity contribution is 5.55. The summed E-state index contributed by atoms with van der Waals surface area (Å²) in [5, 5.41) is 3.33. The first-order chi connectivity index (χ1) is 7.77. The van der Waals surface area contributed by atoms with Crippen molar-refractivity contribution >= 4 is 5.69 Å². The van der Waals surface area contributed by atoms with Crippen LogP contribution >= 0.6 is 0 Å². The molecule has 0 unspecified atom stereocenters. The molecule has 86 valence electrons. The predicted octanol–water partition coefficient (Wildman–Crippen LogP) is 2.61. The average molecular weight is 218 g/mol. The van der Waals surface area contributed by atoms with Gasteiger partial charge in [-0.15, -0.1) is 12.3 Å². The first-order valence-corrected chi connectivity index (χ1v) is 5.46. The lowest BCUT2D eigenvalue weighted by Crippen LogP contribution is -2.04. The molecule has 0 aliphatic heterocycles. The highest BCUT2D eigenvalue weighted by atomic mass is 16.5. The fourth-order valence-corrected chi connectivity index (χ4v) is 1.42. The number of unbranched alkanes of at least 4 members (excludes halogenated alkanes) is 2. The molecule has 1 rings (SSSR count). The number of hydrogen-bond donors (Lipinski definition) is 1. The van der Waals surface area contributed by atoms with E-state index in [4.69, 9.17) is 11.2 Å². The number of terminal acetylenes is 1. The van der Waals surface area contributed by atoms with Gasteiger partial charge in [-0.2, -0.15) is 0 Å². The Morgan fingerprint density at radius 3 is 3.00 bits per heavy atom. The molecule has 16 heavy (non-hydrogen) atoms. The molecule has 0 atom stereocenters. The van der Waals surface area contributed by atoms with Crippen molar-refractivity contribution in [3.8, 4) is 18.1 Å². The molecule has 0 bridgehead atoms. The number of anilines is 1. The van der Waals surface area contributed by atoms with Gasteiger partial charge in [0.2, 0.25) is 0 Å². The molecule has 0 spiro atoms. The lowest BCUT2D eigenvalue weighted by Gasteiger charge is -2.10. The van der Waals surface area contributed by atoms with Gasteiger partial charge >= 0.3 is 0 Å². The van der Waals surface area contributed by atoms with Crippen LogP contribution in [0, 0.1) is 19.3 Å². The summed E-state index contributed by atoms with van der Waals surface area (Å²) in [5.41, 5.74) is 1.97. The Labute approximate surface area is 97.2 Å². The Morgan fingerprint density at radius 1 is 1.50 bits per heavy atom. The first-order valence-electron chi connectivity index (χ1n) is 5.46. The highest BCUT2D eigenvalue weighted by Gasteiger charge is 2.02. The number of rotatable bonds is 6. The Bertz CT molecular complexity index is 369. The van der Waals surface area contributed by atoms with E-state index in [9.17, 15) is 0 Å². The lowest BCUT2D eigenvalue weighted by molar-refractivity contribution is 0.414. The van der Waals surface area contributed by atoms with Crippen LogP contribution in [0.4, 0.5) is 5.69 Å². The van der Waals surface area contributed by atoms with Gasteiger partial charge in [0.25, 0.3) is 0 Å². The van der Waals surface area contributed by atoms with E-state index in [1.54, 1.807) is 13.3 Å². The maximum absolute atomic E-state index is 5.22. The van der Waals surface area contributed by atoms with Gasteiger partial charge in [-0.25, -0.2) is 0 Å². The molecule has 3 heteroatoms. The van der Waals surface area contributed by atoms with E-state index in [-0.39, 0.29) is 0 Å². The maximum atomic E-state index is 5.22. The number of hydrogen-bond acceptors (Lipinski definition) is 3. The minimum absolute atomic E-state index is 0.780. The minimum Gasteiger partial charge on any atom is -0.493 e. The number of ether oxygens (including phenoxy) is 1. The lowest BCUT2D eigenvalue weighted by atomic mass is 10.2. The zero-order valence-electron chi connectivity index (χ0n) is 9.92. The van der Waals surface area contributed by atoms with E-state index >= 15 is 0 Å². The van der Waals surface area contributed by atoms with Crippen molar-refractivity contribution in [3.63, 3.8) is 0 Å². The van der Waals surface area contributed by atoms with E-state index in [0.29, 0.717) is 0 Å². The summed E-state index contributed by atoms with van der Waals surface area (Å²) in [5.74, 6) is 3.42. The van der Waals surface area contributed by atoms with Crippen molar-refractivity contribution in [3.05, 3.63) is 18.0 Å². The monoisotopic (exact) mass is 218 g/mol. The van der Waals surface area contributed by atoms with E-state index in [1.807, 2.05) is 13.0 Å². The van der Waals surface area contributed by atoms with Crippen LogP contribution in [-0.2, 0) is 0 Å². The second kappa shape index (κ2) is 6.73. The van der Waals surface area contributed by atoms with Gasteiger partial charge in [-0.05, 0) is 25.8 Å². The van der Waals surface area contributed by atoms with Gasteiger partial charge < -0.3 is 10.1 Å². The summed E-state index contributed by atoms with van der Waals surface area (Å²) in [4.78, 5) is 4.18. The molecule has 1 aromatic heterocycles. The molecular formula is C13H18N2O. The minimum atomic E-state index is 0.780. The standard InChI is InChI=1S/C13H18N2O/c1-4-5-6-7-8-14-12-9-11(2)15-10-13(12)16-3/h1,9-10H,5-8H2,2-3H3,(H,14,15). The van der Waals surface area contributed by atoms with E-state index < -0.39 is 0 Å². The summed E-state index contributed by atoms with van der Waals surface area (Å²) in [6.45, 7) is 2.87. The molecule has 1 aromatic rings. The van der Waals surface area contributed by atoms with E-state index in [0.717, 1.165) is 42.9 Å². The van der Waals surface area contributed by atoms with Gasteiger partial charge in [0.1, 0.15) is 0 Å². The number of methoxy groups -OCH3 is 1. The highest BCUT2D eigenvalue weighted by Crippen LogP contribution is 2.23. The Balaban J connectivity index is 2.46. The SMILES string of the molecule is C#CCCCCNc1cc(C)ncc1OC. The summed E-state index contributed by atoms with van der Waals surface area (Å²) >= 11 is 0. The Morgan fingerprint density at radius 2 is 2.31 bits per heavy atom. The van der Waals surface area contributed by atoms with Crippen molar-refractivity contribution < 1.29 is 4.74 Å². The van der Waals surface area contributed by atoms with Gasteiger partial charge in [0.15, 0.2) is 5.75 Å². The number of nitrogens with zero attached hydrogens (tertiary/aromatic N) is 1. The molecule has 0 saturated heterocycles. The van der Waals surface area contributed by atoms with Gasteiger partial charge in [0, 0.05) is 18.7 Å². The van der Waals surface area contributed by atoms with Gasteiger partial charge in [0.05, 0.1) is 19.0 Å². The molecule has 1 heterocycles. The largest absolute Gasteiger partial charge is 0.493 e. The predicted molar refractivity (Wildman–Crippen MR) is 66.7 cm³/mol. The molecule has 0 aliphatic rings. The molecule has 3 nitrogen and oxygen atoms in total. The fourth-order valence-electron chi connectivity index (χ4n) is 1.42. The molecular weight excluding hydrogens is 200 g/mol. The Hall–Kier alpha value is -1.69. The van der Waals surface area contributed by atoms with Crippen molar-refractivity contribution in [2.24, 2.45) is 0 Å². The van der Waals surface area contributed by atoms with Crippen LogP contribution in [0.15, 0.2) is 12.3 Å². The van der Waals surface area contributed by atoms with Crippen LogP contribution in [0.5, 0.6) is 5.75 Å². The van der Waals surface area contributed by atoms with Gasteiger partial charge in [-0.1, -0.05) is 0 Å².